The highest BCUT2D eigenvalue weighted by atomic mass is 35.7. The number of hydrogen-bond acceptors (Lipinski definition) is 4. The fourth-order valence-corrected chi connectivity index (χ4v) is 28.5. The van der Waals surface area contributed by atoms with E-state index in [1.54, 1.807) is 0 Å². The number of rotatable bonds is 13. The van der Waals surface area contributed by atoms with Crippen molar-refractivity contribution in [3.63, 3.8) is 0 Å². The molecule has 0 amide bonds. The van der Waals surface area contributed by atoms with Crippen LogP contribution in [0.3, 0.4) is 0 Å². The highest BCUT2D eigenvalue weighted by molar-refractivity contribution is 7.33. The van der Waals surface area contributed by atoms with E-state index in [1.807, 2.05) is 5.70 Å². The van der Waals surface area contributed by atoms with E-state index in [0.717, 1.165) is 18.5 Å². The van der Waals surface area contributed by atoms with Crippen molar-refractivity contribution in [2.24, 2.45) is 0 Å². The van der Waals surface area contributed by atoms with E-state index in [-0.39, 0.29) is 0 Å². The third-order valence-corrected chi connectivity index (χ3v) is 24.0. The third kappa shape index (κ3) is 14.2. The Labute approximate surface area is 183 Å². The fourth-order valence-electron chi connectivity index (χ4n) is 3.35. The summed E-state index contributed by atoms with van der Waals surface area (Å²) in [6.45, 7) is 25.4. The molecule has 0 aliphatic carbocycles. The molecule has 0 heterocycles. The smallest absolute Gasteiger partial charge is 0.314 e. The topological polar surface area (TPSA) is 36.9 Å². The molecule has 0 radical (unpaired) electrons. The molecule has 0 saturated carbocycles. The molecule has 1 unspecified atom stereocenters. The van der Waals surface area contributed by atoms with Crippen LogP contribution in [-0.2, 0) is 16.5 Å². The predicted octanol–water partition coefficient (Wildman–Crippen LogP) is 6.38. The summed E-state index contributed by atoms with van der Waals surface area (Å²) in [7, 11) is -12.3. The molecule has 0 N–H and O–H groups in total. The molecule has 0 aliphatic rings. The first-order valence-corrected chi connectivity index (χ1v) is 28.4. The molecule has 162 valence electrons. The van der Waals surface area contributed by atoms with Gasteiger partial charge >= 0.3 is 25.7 Å². The molecule has 0 saturated heterocycles. The summed E-state index contributed by atoms with van der Waals surface area (Å²) in [4.78, 5) is 0. The van der Waals surface area contributed by atoms with Gasteiger partial charge in [-0.15, -0.1) is 6.58 Å². The monoisotopic (exact) mass is 522 g/mol. The van der Waals surface area contributed by atoms with Crippen molar-refractivity contribution in [1.82, 2.24) is 0 Å². The highest BCUT2D eigenvalue weighted by Crippen LogP contribution is 2.28. The Bertz CT molecular complexity index is 485. The van der Waals surface area contributed by atoms with Gasteiger partial charge in [0.1, 0.15) is 0 Å². The van der Waals surface area contributed by atoms with Gasteiger partial charge in [-0.05, 0) is 77.6 Å². The maximum absolute atomic E-state index is 6.61. The van der Waals surface area contributed by atoms with Crippen molar-refractivity contribution in [2.75, 3.05) is 0 Å². The molecular weight excluding hydrogens is 484 g/mol. The van der Waals surface area contributed by atoms with Crippen LogP contribution in [0.1, 0.15) is 6.42 Å². The lowest BCUT2D eigenvalue weighted by Crippen LogP contribution is -2.58. The SMILES string of the molecule is C=C[Si](C)(CCC[SiH](Cl)Cl)O[Si](C)(C)O[Si](C)(C)O[Si](C)(C)O[Si](C)(C)C. The Kier molecular flexibility index (Phi) is 11.2. The zero-order chi connectivity index (χ0) is 21.7. The Morgan fingerprint density at radius 3 is 1.52 bits per heavy atom. The lowest BCUT2D eigenvalue weighted by Gasteiger charge is -2.42. The van der Waals surface area contributed by atoms with Crippen LogP contribution in [0.4, 0.5) is 0 Å². The lowest BCUT2D eigenvalue weighted by molar-refractivity contribution is 0.299. The van der Waals surface area contributed by atoms with Gasteiger partial charge in [-0.1, -0.05) is 12.1 Å². The molecule has 0 spiro atoms. The van der Waals surface area contributed by atoms with E-state index < -0.39 is 49.7 Å². The zero-order valence-electron chi connectivity index (χ0n) is 18.9. The van der Waals surface area contributed by atoms with Gasteiger partial charge in [0.15, 0.2) is 8.32 Å². The quantitative estimate of drug-likeness (QED) is 0.207. The van der Waals surface area contributed by atoms with Crippen LogP contribution in [0, 0.1) is 0 Å². The van der Waals surface area contributed by atoms with Crippen molar-refractivity contribution in [2.45, 2.75) is 84.0 Å². The normalized spacial score (nSPS) is 16.5. The molecule has 12 heteroatoms. The fraction of sp³-hybridized carbons (Fsp3) is 0.867. The average molecular weight is 524 g/mol. The largest absolute Gasteiger partial charge is 0.437 e. The summed E-state index contributed by atoms with van der Waals surface area (Å²) in [5.41, 5.74) is 2.01. The molecule has 27 heavy (non-hydrogen) atoms. The van der Waals surface area contributed by atoms with E-state index in [2.05, 4.69) is 72.0 Å². The van der Waals surface area contributed by atoms with E-state index >= 15 is 0 Å². The number of hydrogen-bond donors (Lipinski definition) is 0. The standard InChI is InChI=1S/C15H40Cl2O4Si6/c1-12-27(11,15-13-14-22(16)17)21-26(9,10)20-25(7,8)19-24(5,6)18-23(2,3)4/h12,22H,1,13-15H2,2-11H3. The van der Waals surface area contributed by atoms with Gasteiger partial charge in [-0.3, -0.25) is 0 Å². The van der Waals surface area contributed by atoms with Crippen LogP contribution in [0.2, 0.25) is 77.6 Å². The van der Waals surface area contributed by atoms with Crippen LogP contribution < -0.4 is 0 Å². The first-order valence-electron chi connectivity index (χ1n) is 9.53. The second kappa shape index (κ2) is 10.7. The molecule has 4 nitrogen and oxygen atoms in total. The lowest BCUT2D eigenvalue weighted by atomic mass is 10.6. The molecule has 1 atom stereocenters. The minimum atomic E-state index is -2.39. The molecular formula is C15H40Cl2O4Si6. The van der Waals surface area contributed by atoms with Gasteiger partial charge in [0.05, 0.1) is 0 Å². The molecule has 0 bridgehead atoms. The molecule has 0 aromatic heterocycles. The van der Waals surface area contributed by atoms with E-state index in [0.29, 0.717) is 0 Å². The van der Waals surface area contributed by atoms with Crippen LogP contribution in [0.15, 0.2) is 12.3 Å². The molecule has 0 aliphatic heterocycles. The van der Waals surface area contributed by atoms with Gasteiger partial charge in [-0.25, -0.2) is 0 Å². The zero-order valence-corrected chi connectivity index (χ0v) is 26.5. The Balaban J connectivity index is 5.01. The van der Waals surface area contributed by atoms with Crippen molar-refractivity contribution in [3.05, 3.63) is 12.3 Å². The molecule has 0 aromatic carbocycles. The summed E-state index contributed by atoms with van der Waals surface area (Å²) in [6.07, 6.45) is 0.991. The second-order valence-electron chi connectivity index (χ2n) is 9.52. The van der Waals surface area contributed by atoms with Crippen LogP contribution in [0.25, 0.3) is 0 Å². The van der Waals surface area contributed by atoms with Crippen molar-refractivity contribution >= 4 is 71.9 Å². The minimum Gasteiger partial charge on any atom is -0.437 e. The molecule has 0 aromatic rings. The first kappa shape index (κ1) is 28.5. The highest BCUT2D eigenvalue weighted by Gasteiger charge is 2.45. The summed E-state index contributed by atoms with van der Waals surface area (Å²) in [6, 6.07) is 1.88. The first-order chi connectivity index (χ1) is 11.8. The van der Waals surface area contributed by atoms with E-state index in [1.165, 1.54) is 0 Å². The van der Waals surface area contributed by atoms with Crippen LogP contribution in [0.5, 0.6) is 0 Å². The van der Waals surface area contributed by atoms with Crippen LogP contribution in [-0.4, -0.2) is 49.7 Å². The Hall–Kier alpha value is 1.46. The molecule has 0 fully saturated rings. The second-order valence-corrected chi connectivity index (χ2v) is 34.1. The van der Waals surface area contributed by atoms with E-state index in [4.69, 9.17) is 38.6 Å². The van der Waals surface area contributed by atoms with Gasteiger partial charge in [0.25, 0.3) is 0 Å². The van der Waals surface area contributed by atoms with Crippen molar-refractivity contribution in [3.8, 4) is 0 Å². The van der Waals surface area contributed by atoms with Crippen molar-refractivity contribution in [1.29, 1.82) is 0 Å². The Morgan fingerprint density at radius 1 is 0.741 bits per heavy atom. The summed E-state index contributed by atoms with van der Waals surface area (Å²) < 4.78 is 26.0. The third-order valence-electron chi connectivity index (χ3n) is 3.54. The van der Waals surface area contributed by atoms with E-state index in [9.17, 15) is 0 Å². The van der Waals surface area contributed by atoms with Gasteiger partial charge in [0.2, 0.25) is 15.7 Å². The van der Waals surface area contributed by atoms with Gasteiger partial charge in [-0.2, -0.15) is 22.2 Å². The summed E-state index contributed by atoms with van der Waals surface area (Å²) in [5.74, 6) is 0. The maximum atomic E-state index is 6.61. The predicted molar refractivity (Wildman–Crippen MR) is 135 cm³/mol. The summed E-state index contributed by atoms with van der Waals surface area (Å²) in [5, 5.41) is 0. The van der Waals surface area contributed by atoms with Crippen LogP contribution >= 0.6 is 22.2 Å². The van der Waals surface area contributed by atoms with Crippen molar-refractivity contribution < 1.29 is 16.5 Å². The minimum absolute atomic E-state index is 0.906. The van der Waals surface area contributed by atoms with Gasteiger partial charge < -0.3 is 16.5 Å². The maximum Gasteiger partial charge on any atom is 0.314 e. The number of halogens is 2. The average Bonchev–Trinajstić information content (AvgIpc) is 2.30. The summed E-state index contributed by atoms with van der Waals surface area (Å²) >= 11 is 12.0. The Morgan fingerprint density at radius 2 is 1.15 bits per heavy atom. The molecule has 0 rings (SSSR count). The van der Waals surface area contributed by atoms with Gasteiger partial charge in [0, 0.05) is 0 Å².